The molecule has 2 nitrogen and oxygen atoms in total. The molecule has 1 fully saturated rings. The van der Waals surface area contributed by atoms with Gasteiger partial charge in [0.1, 0.15) is 5.78 Å². The van der Waals surface area contributed by atoms with Crippen molar-refractivity contribution in [1.82, 2.24) is 0 Å². The number of hydrogen-bond donors (Lipinski definition) is 0. The highest BCUT2D eigenvalue weighted by molar-refractivity contribution is 7.98. The number of carbonyl (C=O) groups is 1. The molecule has 2 rings (SSSR count). The predicted octanol–water partition coefficient (Wildman–Crippen LogP) is 2.97. The molecule has 1 aromatic rings. The number of Topliss-reactive ketones (excluding diaryl/α,β-unsaturated/α-hetero) is 1. The number of rotatable bonds is 2. The first-order valence-electron chi connectivity index (χ1n) is 5.63. The first kappa shape index (κ1) is 11.5. The highest BCUT2D eigenvalue weighted by Gasteiger charge is 2.23. The lowest BCUT2D eigenvalue weighted by Crippen LogP contribution is -2.41. The van der Waals surface area contributed by atoms with Crippen molar-refractivity contribution in [3.63, 3.8) is 0 Å². The van der Waals surface area contributed by atoms with Gasteiger partial charge in [0.05, 0.1) is 0 Å². The fourth-order valence-corrected chi connectivity index (χ4v) is 2.57. The highest BCUT2D eigenvalue weighted by Crippen LogP contribution is 2.25. The summed E-state index contributed by atoms with van der Waals surface area (Å²) in [5, 5.41) is 0. The fourth-order valence-electron chi connectivity index (χ4n) is 2.16. The van der Waals surface area contributed by atoms with Crippen molar-refractivity contribution in [1.29, 1.82) is 0 Å². The van der Waals surface area contributed by atoms with Crippen molar-refractivity contribution >= 4 is 23.2 Å². The summed E-state index contributed by atoms with van der Waals surface area (Å²) < 4.78 is 0. The summed E-state index contributed by atoms with van der Waals surface area (Å²) in [6.07, 6.45) is 3.45. The molecule has 1 unspecified atom stereocenters. The van der Waals surface area contributed by atoms with Crippen molar-refractivity contribution in [2.75, 3.05) is 17.7 Å². The first-order valence-corrected chi connectivity index (χ1v) is 6.85. The number of piperidine rings is 1. The highest BCUT2D eigenvalue weighted by atomic mass is 32.2. The maximum atomic E-state index is 11.3. The summed E-state index contributed by atoms with van der Waals surface area (Å²) in [5.41, 5.74) is 1.23. The zero-order valence-electron chi connectivity index (χ0n) is 9.77. The number of carbonyl (C=O) groups excluding carboxylic acids is 1. The summed E-state index contributed by atoms with van der Waals surface area (Å²) in [4.78, 5) is 14.9. The van der Waals surface area contributed by atoms with Gasteiger partial charge >= 0.3 is 0 Å². The van der Waals surface area contributed by atoms with Crippen LogP contribution in [0, 0.1) is 0 Å². The van der Waals surface area contributed by atoms with Crippen molar-refractivity contribution in [2.24, 2.45) is 0 Å². The van der Waals surface area contributed by atoms with Crippen molar-refractivity contribution in [3.05, 3.63) is 24.3 Å². The van der Waals surface area contributed by atoms with Crippen molar-refractivity contribution in [2.45, 2.75) is 30.7 Å². The van der Waals surface area contributed by atoms with Crippen LogP contribution in [0.1, 0.15) is 19.8 Å². The monoisotopic (exact) mass is 235 g/mol. The lowest BCUT2D eigenvalue weighted by Gasteiger charge is -2.34. The number of thioether (sulfide) groups is 1. The SMILES string of the molecule is CSc1ccc(N2CCC(=O)CC2C)cc1. The van der Waals surface area contributed by atoms with E-state index in [1.165, 1.54) is 10.6 Å². The van der Waals surface area contributed by atoms with Crippen molar-refractivity contribution < 1.29 is 4.79 Å². The van der Waals surface area contributed by atoms with Crippen LogP contribution in [0.15, 0.2) is 29.2 Å². The smallest absolute Gasteiger partial charge is 0.136 e. The Morgan fingerprint density at radius 1 is 1.31 bits per heavy atom. The second-order valence-electron chi connectivity index (χ2n) is 4.23. The molecule has 1 aromatic carbocycles. The minimum atomic E-state index is 0.335. The molecule has 86 valence electrons. The van der Waals surface area contributed by atoms with Gasteiger partial charge < -0.3 is 4.90 Å². The largest absolute Gasteiger partial charge is 0.368 e. The molecular formula is C13H17NOS. The van der Waals surface area contributed by atoms with E-state index in [1.807, 2.05) is 0 Å². The second-order valence-corrected chi connectivity index (χ2v) is 5.11. The average molecular weight is 235 g/mol. The molecule has 1 aliphatic heterocycles. The molecule has 1 atom stereocenters. The van der Waals surface area contributed by atoms with Crippen LogP contribution in [-0.4, -0.2) is 24.6 Å². The van der Waals surface area contributed by atoms with E-state index < -0.39 is 0 Å². The van der Waals surface area contributed by atoms with Crippen molar-refractivity contribution in [3.8, 4) is 0 Å². The Labute approximate surface area is 101 Å². The third kappa shape index (κ3) is 2.40. The van der Waals surface area contributed by atoms with Gasteiger partial charge in [0.15, 0.2) is 0 Å². The second kappa shape index (κ2) is 4.91. The van der Waals surface area contributed by atoms with Gasteiger partial charge in [0, 0.05) is 36.0 Å². The van der Waals surface area contributed by atoms with Gasteiger partial charge in [0.25, 0.3) is 0 Å². The Kier molecular flexibility index (Phi) is 3.54. The first-order chi connectivity index (χ1) is 7.70. The van der Waals surface area contributed by atoms with Crippen LogP contribution < -0.4 is 4.90 Å². The summed E-state index contributed by atoms with van der Waals surface area (Å²) in [5.74, 6) is 0.393. The average Bonchev–Trinajstić information content (AvgIpc) is 2.29. The maximum Gasteiger partial charge on any atom is 0.136 e. The van der Waals surface area contributed by atoms with Gasteiger partial charge in [-0.05, 0) is 37.4 Å². The normalized spacial score (nSPS) is 21.2. The predicted molar refractivity (Wildman–Crippen MR) is 69.3 cm³/mol. The van der Waals surface area contributed by atoms with Crippen LogP contribution in [0.25, 0.3) is 0 Å². The third-order valence-electron chi connectivity index (χ3n) is 3.09. The number of anilines is 1. The summed E-state index contributed by atoms with van der Waals surface area (Å²) in [7, 11) is 0. The standard InChI is InChI=1S/C13H17NOS/c1-10-9-12(15)7-8-14(10)11-3-5-13(16-2)6-4-11/h3-6,10H,7-9H2,1-2H3. The summed E-state index contributed by atoms with van der Waals surface area (Å²) >= 11 is 1.75. The summed E-state index contributed by atoms with van der Waals surface area (Å²) in [6, 6.07) is 8.92. The molecule has 0 amide bonds. The van der Waals surface area contributed by atoms with E-state index in [0.29, 0.717) is 24.7 Å². The molecule has 3 heteroatoms. The number of ketones is 1. The van der Waals surface area contributed by atoms with Gasteiger partial charge in [-0.3, -0.25) is 4.79 Å². The van der Waals surface area contributed by atoms with E-state index in [1.54, 1.807) is 11.8 Å². The van der Waals surface area contributed by atoms with Crippen LogP contribution >= 0.6 is 11.8 Å². The van der Waals surface area contributed by atoms with Crippen LogP contribution in [0.4, 0.5) is 5.69 Å². The molecule has 1 heterocycles. The van der Waals surface area contributed by atoms with Gasteiger partial charge in [-0.2, -0.15) is 0 Å². The molecule has 0 aliphatic carbocycles. The summed E-state index contributed by atoms with van der Waals surface area (Å²) in [6.45, 7) is 2.98. The van der Waals surface area contributed by atoms with Gasteiger partial charge in [-0.1, -0.05) is 0 Å². The van der Waals surface area contributed by atoms with Crippen LogP contribution in [0.3, 0.4) is 0 Å². The van der Waals surface area contributed by atoms with Gasteiger partial charge in [0.2, 0.25) is 0 Å². The van der Waals surface area contributed by atoms with E-state index in [0.717, 1.165) is 6.54 Å². The Hall–Kier alpha value is -0.960. The number of hydrogen-bond acceptors (Lipinski definition) is 3. The Balaban J connectivity index is 2.14. The van der Waals surface area contributed by atoms with E-state index >= 15 is 0 Å². The van der Waals surface area contributed by atoms with Crippen LogP contribution in [0.2, 0.25) is 0 Å². The minimum absolute atomic E-state index is 0.335. The van der Waals surface area contributed by atoms with Gasteiger partial charge in [-0.25, -0.2) is 0 Å². The maximum absolute atomic E-state index is 11.3. The van der Waals surface area contributed by atoms with E-state index in [4.69, 9.17) is 0 Å². The Bertz CT molecular complexity index is 374. The quantitative estimate of drug-likeness (QED) is 0.735. The fraction of sp³-hybridized carbons (Fsp3) is 0.462. The molecule has 0 N–H and O–H groups in total. The van der Waals surface area contributed by atoms with Crippen LogP contribution in [0.5, 0.6) is 0 Å². The molecule has 16 heavy (non-hydrogen) atoms. The molecule has 0 aromatic heterocycles. The van der Waals surface area contributed by atoms with E-state index in [-0.39, 0.29) is 0 Å². The topological polar surface area (TPSA) is 20.3 Å². The molecule has 0 spiro atoms. The number of nitrogens with zero attached hydrogens (tertiary/aromatic N) is 1. The Morgan fingerprint density at radius 2 is 2.00 bits per heavy atom. The number of benzene rings is 1. The van der Waals surface area contributed by atoms with E-state index in [9.17, 15) is 4.79 Å². The lowest BCUT2D eigenvalue weighted by molar-refractivity contribution is -0.120. The lowest BCUT2D eigenvalue weighted by atomic mass is 10.0. The minimum Gasteiger partial charge on any atom is -0.368 e. The Morgan fingerprint density at radius 3 is 2.56 bits per heavy atom. The van der Waals surface area contributed by atoms with Crippen LogP contribution in [-0.2, 0) is 4.79 Å². The van der Waals surface area contributed by atoms with E-state index in [2.05, 4.69) is 42.3 Å². The third-order valence-corrected chi connectivity index (χ3v) is 3.83. The van der Waals surface area contributed by atoms with Gasteiger partial charge in [-0.15, -0.1) is 11.8 Å². The molecule has 0 radical (unpaired) electrons. The molecule has 0 saturated carbocycles. The molecular weight excluding hydrogens is 218 g/mol. The zero-order valence-corrected chi connectivity index (χ0v) is 10.6. The zero-order chi connectivity index (χ0) is 11.5. The molecule has 0 bridgehead atoms. The molecule has 1 saturated heterocycles. The molecule has 1 aliphatic rings.